The average molecular weight is 360 g/mol. The Balaban J connectivity index is 2.23. The van der Waals surface area contributed by atoms with Crippen molar-refractivity contribution in [3.8, 4) is 0 Å². The molecule has 6 nitrogen and oxygen atoms in total. The summed E-state index contributed by atoms with van der Waals surface area (Å²) in [7, 11) is 0. The van der Waals surface area contributed by atoms with Gasteiger partial charge in [-0.05, 0) is 50.3 Å². The number of carbonyl (C=O) groups excluding carboxylic acids is 2. The number of piperidine rings is 1. The maximum atomic E-state index is 12.8. The van der Waals surface area contributed by atoms with Crippen molar-refractivity contribution in [2.45, 2.75) is 52.0 Å². The predicted octanol–water partition coefficient (Wildman–Crippen LogP) is 3.03. The summed E-state index contributed by atoms with van der Waals surface area (Å²) in [6.45, 7) is 5.85. The van der Waals surface area contributed by atoms with Crippen LogP contribution in [0.1, 0.15) is 66.7 Å². The first kappa shape index (κ1) is 19.9. The van der Waals surface area contributed by atoms with Gasteiger partial charge in [-0.15, -0.1) is 0 Å². The van der Waals surface area contributed by atoms with Crippen LogP contribution in [0.4, 0.5) is 0 Å². The Labute approximate surface area is 154 Å². The molecule has 0 radical (unpaired) electrons. The number of likely N-dealkylation sites (tertiary alicyclic amines) is 1. The van der Waals surface area contributed by atoms with Gasteiger partial charge in [0.05, 0.1) is 0 Å². The summed E-state index contributed by atoms with van der Waals surface area (Å²) in [4.78, 5) is 40.3. The number of rotatable bonds is 7. The molecule has 0 bridgehead atoms. The highest BCUT2D eigenvalue weighted by atomic mass is 16.4. The standard InChI is InChI=1S/C20H28N2O4/c1-3-11-21(12-4-2)18(23)15-8-7-9-16(14-15)19(24)22-13-6-5-10-17(22)20(25)26/h7-9,14,17H,3-6,10-13H2,1-2H3,(H,25,26). The van der Waals surface area contributed by atoms with Crippen LogP contribution < -0.4 is 0 Å². The number of hydrogen-bond donors (Lipinski definition) is 1. The third-order valence-electron chi connectivity index (χ3n) is 4.68. The molecular weight excluding hydrogens is 332 g/mol. The Morgan fingerprint density at radius 1 is 1.12 bits per heavy atom. The monoisotopic (exact) mass is 360 g/mol. The van der Waals surface area contributed by atoms with E-state index in [1.54, 1.807) is 29.2 Å². The van der Waals surface area contributed by atoms with E-state index in [2.05, 4.69) is 0 Å². The molecule has 1 fully saturated rings. The second-order valence-electron chi connectivity index (χ2n) is 6.72. The fourth-order valence-corrected chi connectivity index (χ4v) is 3.42. The van der Waals surface area contributed by atoms with Gasteiger partial charge in [-0.1, -0.05) is 19.9 Å². The topological polar surface area (TPSA) is 77.9 Å². The van der Waals surface area contributed by atoms with Gasteiger partial charge in [-0.3, -0.25) is 9.59 Å². The number of carboxylic acids is 1. The van der Waals surface area contributed by atoms with E-state index in [-0.39, 0.29) is 11.8 Å². The first-order valence-electron chi connectivity index (χ1n) is 9.42. The molecule has 142 valence electrons. The van der Waals surface area contributed by atoms with Gasteiger partial charge < -0.3 is 14.9 Å². The van der Waals surface area contributed by atoms with Crippen LogP contribution in [-0.4, -0.2) is 58.4 Å². The molecule has 2 amide bonds. The number of carbonyl (C=O) groups is 3. The van der Waals surface area contributed by atoms with Gasteiger partial charge in [0.15, 0.2) is 0 Å². The lowest BCUT2D eigenvalue weighted by atomic mass is 10.00. The molecule has 26 heavy (non-hydrogen) atoms. The van der Waals surface area contributed by atoms with Crippen molar-refractivity contribution in [1.29, 1.82) is 0 Å². The number of carboxylic acid groups (broad SMARTS) is 1. The van der Waals surface area contributed by atoms with E-state index in [9.17, 15) is 19.5 Å². The molecule has 1 saturated heterocycles. The number of aliphatic carboxylic acids is 1. The largest absolute Gasteiger partial charge is 0.480 e. The predicted molar refractivity (Wildman–Crippen MR) is 99.2 cm³/mol. The summed E-state index contributed by atoms with van der Waals surface area (Å²) in [6.07, 6.45) is 3.83. The first-order chi connectivity index (χ1) is 12.5. The van der Waals surface area contributed by atoms with Gasteiger partial charge in [0.25, 0.3) is 11.8 Å². The van der Waals surface area contributed by atoms with Crippen LogP contribution in [0.25, 0.3) is 0 Å². The molecule has 1 aliphatic heterocycles. The highest BCUT2D eigenvalue weighted by Crippen LogP contribution is 2.21. The molecule has 1 atom stereocenters. The molecule has 0 saturated carbocycles. The molecule has 2 rings (SSSR count). The SMILES string of the molecule is CCCN(CCC)C(=O)c1cccc(C(=O)N2CCCCC2C(=O)O)c1. The van der Waals surface area contributed by atoms with Crippen molar-refractivity contribution < 1.29 is 19.5 Å². The average Bonchev–Trinajstić information content (AvgIpc) is 2.66. The molecule has 1 unspecified atom stereocenters. The molecule has 1 N–H and O–H groups in total. The molecule has 1 aromatic carbocycles. The van der Waals surface area contributed by atoms with Crippen LogP contribution in [0, 0.1) is 0 Å². The Hall–Kier alpha value is -2.37. The van der Waals surface area contributed by atoms with E-state index in [4.69, 9.17) is 0 Å². The van der Waals surface area contributed by atoms with Crippen molar-refractivity contribution in [2.24, 2.45) is 0 Å². The Morgan fingerprint density at radius 3 is 2.38 bits per heavy atom. The highest BCUT2D eigenvalue weighted by Gasteiger charge is 2.32. The van der Waals surface area contributed by atoms with Gasteiger partial charge in [0, 0.05) is 30.8 Å². The third-order valence-corrected chi connectivity index (χ3v) is 4.68. The Morgan fingerprint density at radius 2 is 1.77 bits per heavy atom. The van der Waals surface area contributed by atoms with Gasteiger partial charge in [0.1, 0.15) is 6.04 Å². The summed E-state index contributed by atoms with van der Waals surface area (Å²) in [6, 6.07) is 5.86. The molecule has 1 aliphatic rings. The van der Waals surface area contributed by atoms with E-state index in [1.165, 1.54) is 4.90 Å². The molecule has 0 spiro atoms. The quantitative estimate of drug-likeness (QED) is 0.811. The minimum atomic E-state index is -0.970. The van der Waals surface area contributed by atoms with E-state index in [0.717, 1.165) is 25.7 Å². The smallest absolute Gasteiger partial charge is 0.326 e. The summed E-state index contributed by atoms with van der Waals surface area (Å²) in [5.74, 6) is -1.37. The van der Waals surface area contributed by atoms with Crippen molar-refractivity contribution in [2.75, 3.05) is 19.6 Å². The first-order valence-corrected chi connectivity index (χ1v) is 9.42. The van der Waals surface area contributed by atoms with Crippen LogP contribution >= 0.6 is 0 Å². The lowest BCUT2D eigenvalue weighted by Gasteiger charge is -2.33. The number of nitrogens with zero attached hydrogens (tertiary/aromatic N) is 2. The molecule has 0 aromatic heterocycles. The zero-order chi connectivity index (χ0) is 19.1. The van der Waals surface area contributed by atoms with Crippen LogP contribution in [0.15, 0.2) is 24.3 Å². The number of benzene rings is 1. The zero-order valence-corrected chi connectivity index (χ0v) is 15.6. The summed E-state index contributed by atoms with van der Waals surface area (Å²) >= 11 is 0. The van der Waals surface area contributed by atoms with Gasteiger partial charge in [-0.2, -0.15) is 0 Å². The molecule has 1 heterocycles. The number of hydrogen-bond acceptors (Lipinski definition) is 3. The normalized spacial score (nSPS) is 17.0. The Bertz CT molecular complexity index is 653. The molecule has 6 heteroatoms. The van der Waals surface area contributed by atoms with E-state index >= 15 is 0 Å². The highest BCUT2D eigenvalue weighted by molar-refractivity contribution is 6.00. The van der Waals surface area contributed by atoms with Gasteiger partial charge in [-0.25, -0.2) is 4.79 Å². The summed E-state index contributed by atoms with van der Waals surface area (Å²) < 4.78 is 0. The van der Waals surface area contributed by atoms with Gasteiger partial charge >= 0.3 is 5.97 Å². The van der Waals surface area contributed by atoms with Crippen LogP contribution in [0.2, 0.25) is 0 Å². The summed E-state index contributed by atoms with van der Waals surface area (Å²) in [5, 5.41) is 9.38. The molecular formula is C20H28N2O4. The van der Waals surface area contributed by atoms with Crippen LogP contribution in [0.3, 0.4) is 0 Å². The number of amides is 2. The van der Waals surface area contributed by atoms with E-state index in [1.807, 2.05) is 13.8 Å². The zero-order valence-electron chi connectivity index (χ0n) is 15.6. The van der Waals surface area contributed by atoms with E-state index in [0.29, 0.717) is 37.2 Å². The summed E-state index contributed by atoms with van der Waals surface area (Å²) in [5.41, 5.74) is 0.846. The van der Waals surface area contributed by atoms with E-state index < -0.39 is 12.0 Å². The van der Waals surface area contributed by atoms with Crippen molar-refractivity contribution in [3.63, 3.8) is 0 Å². The minimum Gasteiger partial charge on any atom is -0.480 e. The Kier molecular flexibility index (Phi) is 7.18. The maximum Gasteiger partial charge on any atom is 0.326 e. The maximum absolute atomic E-state index is 12.8. The second-order valence-corrected chi connectivity index (χ2v) is 6.72. The second kappa shape index (κ2) is 9.36. The van der Waals surface area contributed by atoms with Gasteiger partial charge in [0.2, 0.25) is 0 Å². The lowest BCUT2D eigenvalue weighted by molar-refractivity contribution is -0.143. The van der Waals surface area contributed by atoms with Crippen LogP contribution in [0.5, 0.6) is 0 Å². The third kappa shape index (κ3) is 4.62. The fourth-order valence-electron chi connectivity index (χ4n) is 3.42. The molecule has 1 aromatic rings. The fraction of sp³-hybridized carbons (Fsp3) is 0.550. The molecule has 0 aliphatic carbocycles. The van der Waals surface area contributed by atoms with Crippen molar-refractivity contribution in [3.05, 3.63) is 35.4 Å². The van der Waals surface area contributed by atoms with Crippen LogP contribution in [-0.2, 0) is 4.79 Å². The lowest BCUT2D eigenvalue weighted by Crippen LogP contribution is -2.48. The van der Waals surface area contributed by atoms with Crippen molar-refractivity contribution >= 4 is 17.8 Å². The minimum absolute atomic E-state index is 0.0863. The van der Waals surface area contributed by atoms with Crippen molar-refractivity contribution in [1.82, 2.24) is 9.80 Å².